The van der Waals surface area contributed by atoms with Crippen molar-refractivity contribution in [2.75, 3.05) is 13.7 Å². The highest BCUT2D eigenvalue weighted by Crippen LogP contribution is 2.30. The quantitative estimate of drug-likeness (QED) is 0.498. The van der Waals surface area contributed by atoms with Crippen molar-refractivity contribution in [3.63, 3.8) is 0 Å². The van der Waals surface area contributed by atoms with Gasteiger partial charge in [0.15, 0.2) is 0 Å². The van der Waals surface area contributed by atoms with Crippen molar-refractivity contribution in [3.05, 3.63) is 27.7 Å². The molecule has 0 aliphatic rings. The second-order valence-corrected chi connectivity index (χ2v) is 6.86. The molecule has 0 saturated heterocycles. The molecule has 5 nitrogen and oxygen atoms in total. The smallest absolute Gasteiger partial charge is 0.285 e. The Hall–Kier alpha value is -0.530. The SMILES string of the molecule is COC[C@@H](Cl)C(N)=NS(=O)(=O)c1c(C)cc(Cl)cc1Cl. The summed E-state index contributed by atoms with van der Waals surface area (Å²) in [6.45, 7) is 1.60. The largest absolute Gasteiger partial charge is 0.385 e. The summed E-state index contributed by atoms with van der Waals surface area (Å²) in [4.78, 5) is -0.146. The number of rotatable bonds is 5. The number of benzene rings is 1. The highest BCUT2D eigenvalue weighted by molar-refractivity contribution is 7.90. The number of amidine groups is 1. The molecule has 0 aliphatic heterocycles. The maximum atomic E-state index is 12.2. The Morgan fingerprint density at radius 2 is 2.05 bits per heavy atom. The molecule has 1 rings (SSSR count). The van der Waals surface area contributed by atoms with Crippen LogP contribution >= 0.6 is 34.8 Å². The molecule has 1 aromatic carbocycles. The van der Waals surface area contributed by atoms with Gasteiger partial charge in [0.1, 0.15) is 16.1 Å². The molecule has 9 heteroatoms. The molecule has 0 fully saturated rings. The molecular weight excluding hydrogens is 347 g/mol. The Labute approximate surface area is 132 Å². The number of halogens is 3. The summed E-state index contributed by atoms with van der Waals surface area (Å²) in [6.07, 6.45) is 0. The summed E-state index contributed by atoms with van der Waals surface area (Å²) in [5, 5.41) is -0.538. The fourth-order valence-electron chi connectivity index (χ4n) is 1.49. The highest BCUT2D eigenvalue weighted by Gasteiger charge is 2.22. The third-order valence-electron chi connectivity index (χ3n) is 2.31. The number of methoxy groups -OCH3 is 1. The van der Waals surface area contributed by atoms with Crippen molar-refractivity contribution in [2.24, 2.45) is 10.1 Å². The number of sulfonamides is 1. The number of aryl methyl sites for hydroxylation is 1. The van der Waals surface area contributed by atoms with Crippen LogP contribution in [0.5, 0.6) is 0 Å². The van der Waals surface area contributed by atoms with Crippen molar-refractivity contribution in [1.29, 1.82) is 0 Å². The van der Waals surface area contributed by atoms with E-state index in [1.165, 1.54) is 19.2 Å². The Morgan fingerprint density at radius 1 is 1.45 bits per heavy atom. The lowest BCUT2D eigenvalue weighted by molar-refractivity contribution is 0.209. The van der Waals surface area contributed by atoms with E-state index in [1.54, 1.807) is 6.92 Å². The van der Waals surface area contributed by atoms with E-state index in [2.05, 4.69) is 4.40 Å². The third-order valence-corrected chi connectivity index (χ3v) is 4.80. The second kappa shape index (κ2) is 6.95. The fraction of sp³-hybridized carbons (Fsp3) is 0.364. The lowest BCUT2D eigenvalue weighted by Crippen LogP contribution is -2.29. The lowest BCUT2D eigenvalue weighted by Gasteiger charge is -2.10. The summed E-state index contributed by atoms with van der Waals surface area (Å²) < 4.78 is 32.7. The lowest BCUT2D eigenvalue weighted by atomic mass is 10.2. The summed E-state index contributed by atoms with van der Waals surface area (Å²) in [5.41, 5.74) is 5.92. The highest BCUT2D eigenvalue weighted by atomic mass is 35.5. The van der Waals surface area contributed by atoms with E-state index in [9.17, 15) is 8.42 Å². The predicted octanol–water partition coefficient (Wildman–Crippen LogP) is 2.60. The van der Waals surface area contributed by atoms with Crippen LogP contribution in [0, 0.1) is 6.92 Å². The van der Waals surface area contributed by atoms with Gasteiger partial charge in [-0.25, -0.2) is 0 Å². The third kappa shape index (κ3) is 4.23. The van der Waals surface area contributed by atoms with E-state index in [0.29, 0.717) is 10.6 Å². The van der Waals surface area contributed by atoms with Gasteiger partial charge in [0.25, 0.3) is 10.0 Å². The molecule has 20 heavy (non-hydrogen) atoms. The van der Waals surface area contributed by atoms with Crippen LogP contribution in [-0.2, 0) is 14.8 Å². The molecule has 1 atom stereocenters. The van der Waals surface area contributed by atoms with Crippen molar-refractivity contribution >= 4 is 50.7 Å². The Bertz CT molecular complexity index is 609. The zero-order valence-corrected chi connectivity index (χ0v) is 13.8. The van der Waals surface area contributed by atoms with E-state index in [0.717, 1.165) is 0 Å². The van der Waals surface area contributed by atoms with E-state index in [1.807, 2.05) is 0 Å². The van der Waals surface area contributed by atoms with Gasteiger partial charge in [0.2, 0.25) is 0 Å². The van der Waals surface area contributed by atoms with Crippen LogP contribution in [-0.4, -0.2) is 33.3 Å². The Kier molecular flexibility index (Phi) is 6.09. The minimum atomic E-state index is -4.07. The minimum absolute atomic E-state index is 0.0237. The van der Waals surface area contributed by atoms with Crippen LogP contribution in [0.15, 0.2) is 21.4 Å². The topological polar surface area (TPSA) is 81.8 Å². The van der Waals surface area contributed by atoms with Gasteiger partial charge in [-0.3, -0.25) is 0 Å². The van der Waals surface area contributed by atoms with Crippen LogP contribution in [0.3, 0.4) is 0 Å². The van der Waals surface area contributed by atoms with Gasteiger partial charge in [-0.05, 0) is 24.6 Å². The number of nitrogens with zero attached hydrogens (tertiary/aromatic N) is 1. The number of hydrogen-bond donors (Lipinski definition) is 1. The van der Waals surface area contributed by atoms with Crippen molar-refractivity contribution in [3.8, 4) is 0 Å². The Balaban J connectivity index is 3.28. The summed E-state index contributed by atoms with van der Waals surface area (Å²) >= 11 is 17.5. The van der Waals surface area contributed by atoms with Gasteiger partial charge >= 0.3 is 0 Å². The fourth-order valence-corrected chi connectivity index (χ4v) is 3.88. The maximum Gasteiger partial charge on any atom is 0.285 e. The van der Waals surface area contributed by atoms with Gasteiger partial charge in [-0.1, -0.05) is 23.2 Å². The molecule has 0 unspecified atom stereocenters. The average molecular weight is 360 g/mol. The van der Waals surface area contributed by atoms with Gasteiger partial charge in [-0.2, -0.15) is 8.42 Å². The molecule has 2 N–H and O–H groups in total. The average Bonchev–Trinajstić information content (AvgIpc) is 2.26. The van der Waals surface area contributed by atoms with Gasteiger partial charge in [-0.15, -0.1) is 16.0 Å². The number of nitrogens with two attached hydrogens (primary N) is 1. The molecule has 0 aromatic heterocycles. The van der Waals surface area contributed by atoms with E-state index < -0.39 is 15.4 Å². The molecular formula is C11H13Cl3N2O3S. The van der Waals surface area contributed by atoms with Crippen LogP contribution < -0.4 is 5.73 Å². The molecule has 1 aromatic rings. The zero-order valence-electron chi connectivity index (χ0n) is 10.7. The summed E-state index contributed by atoms with van der Waals surface area (Å²) in [6, 6.07) is 2.79. The molecule has 0 amide bonds. The molecule has 112 valence electrons. The maximum absolute atomic E-state index is 12.2. The summed E-state index contributed by atoms with van der Waals surface area (Å²) in [5.74, 6) is -0.265. The van der Waals surface area contributed by atoms with Crippen LogP contribution in [0.4, 0.5) is 0 Å². The molecule has 0 spiro atoms. The minimum Gasteiger partial charge on any atom is -0.385 e. The second-order valence-electron chi connectivity index (χ2n) is 3.95. The zero-order chi connectivity index (χ0) is 15.5. The molecule has 0 radical (unpaired) electrons. The Morgan fingerprint density at radius 3 is 2.55 bits per heavy atom. The normalized spacial score (nSPS) is 14.3. The van der Waals surface area contributed by atoms with Crippen LogP contribution in [0.1, 0.15) is 5.56 Å². The monoisotopic (exact) mass is 358 g/mol. The first-order chi connectivity index (χ1) is 9.19. The number of alkyl halides is 1. The first-order valence-electron chi connectivity index (χ1n) is 5.38. The number of hydrogen-bond acceptors (Lipinski definition) is 3. The van der Waals surface area contributed by atoms with Gasteiger partial charge < -0.3 is 10.5 Å². The van der Waals surface area contributed by atoms with Crippen molar-refractivity contribution in [2.45, 2.75) is 17.2 Å². The van der Waals surface area contributed by atoms with Crippen molar-refractivity contribution < 1.29 is 13.2 Å². The van der Waals surface area contributed by atoms with E-state index >= 15 is 0 Å². The number of ether oxygens (including phenoxy) is 1. The van der Waals surface area contributed by atoms with Gasteiger partial charge in [0.05, 0.1) is 11.6 Å². The van der Waals surface area contributed by atoms with E-state index in [4.69, 9.17) is 45.3 Å². The molecule has 0 heterocycles. The van der Waals surface area contributed by atoms with Crippen LogP contribution in [0.2, 0.25) is 10.0 Å². The van der Waals surface area contributed by atoms with Gasteiger partial charge in [0, 0.05) is 12.1 Å². The standard InChI is InChI=1S/C11H13Cl3N2O3S/c1-6-3-7(12)4-8(13)10(6)20(17,18)16-11(15)9(14)5-19-2/h3-4,9H,5H2,1-2H3,(H2,15,16)/t9-/m1/s1. The van der Waals surface area contributed by atoms with Crippen LogP contribution in [0.25, 0.3) is 0 Å². The molecule has 0 saturated carbocycles. The first kappa shape index (κ1) is 17.5. The van der Waals surface area contributed by atoms with Crippen molar-refractivity contribution in [1.82, 2.24) is 0 Å². The predicted molar refractivity (Wildman–Crippen MR) is 81.5 cm³/mol. The molecule has 0 aliphatic carbocycles. The van der Waals surface area contributed by atoms with E-state index in [-0.39, 0.29) is 22.4 Å². The first-order valence-corrected chi connectivity index (χ1v) is 8.01. The molecule has 0 bridgehead atoms. The summed E-state index contributed by atoms with van der Waals surface area (Å²) in [7, 11) is -2.65.